The Hall–Kier alpha value is -3.99. The Morgan fingerprint density at radius 1 is 1.18 bits per heavy atom. The van der Waals surface area contributed by atoms with Gasteiger partial charge in [-0.1, -0.05) is 6.07 Å². The van der Waals surface area contributed by atoms with E-state index in [4.69, 9.17) is 14.6 Å². The predicted octanol–water partition coefficient (Wildman–Crippen LogP) is 3.66. The van der Waals surface area contributed by atoms with E-state index in [0.29, 0.717) is 42.6 Å². The Morgan fingerprint density at radius 3 is 2.63 bits per heavy atom. The zero-order chi connectivity index (χ0) is 27.1. The Balaban J connectivity index is 1.56. The van der Waals surface area contributed by atoms with Crippen LogP contribution in [0.25, 0.3) is 22.0 Å². The summed E-state index contributed by atoms with van der Waals surface area (Å²) in [5, 5.41) is 24.5. The van der Waals surface area contributed by atoms with Crippen molar-refractivity contribution in [2.75, 3.05) is 45.8 Å². The van der Waals surface area contributed by atoms with E-state index in [1.165, 1.54) is 11.9 Å². The van der Waals surface area contributed by atoms with Gasteiger partial charge in [-0.15, -0.1) is 10.2 Å². The summed E-state index contributed by atoms with van der Waals surface area (Å²) in [7, 11) is 3.10. The molecule has 1 aliphatic heterocycles. The van der Waals surface area contributed by atoms with Crippen LogP contribution in [0.5, 0.6) is 5.88 Å². The topological polar surface area (TPSA) is 139 Å². The van der Waals surface area contributed by atoms with Gasteiger partial charge >= 0.3 is 6.09 Å². The molecule has 0 aliphatic carbocycles. The number of ether oxygens (including phenoxy) is 2. The Bertz CT molecular complexity index is 1260. The second kappa shape index (κ2) is 12.5. The van der Waals surface area contributed by atoms with Crippen LogP contribution in [-0.4, -0.2) is 83.7 Å². The molecule has 0 radical (unpaired) electrons. The van der Waals surface area contributed by atoms with Gasteiger partial charge in [-0.05, 0) is 55.9 Å². The first-order chi connectivity index (χ1) is 18.4. The van der Waals surface area contributed by atoms with E-state index < -0.39 is 6.09 Å². The summed E-state index contributed by atoms with van der Waals surface area (Å²) in [6.45, 7) is 4.35. The SMILES string of the molecule is CNC(=O)c1nnc2ccc(-c3ccc(OCCCN(C)C(=O)O)nc3)cc2c1N[C@@H](C)C1CCOCC1. The lowest BCUT2D eigenvalue weighted by molar-refractivity contribution is 0.0622. The zero-order valence-electron chi connectivity index (χ0n) is 21.9. The third kappa shape index (κ3) is 6.46. The van der Waals surface area contributed by atoms with Crippen LogP contribution in [0.4, 0.5) is 10.5 Å². The van der Waals surface area contributed by atoms with Crippen molar-refractivity contribution in [2.24, 2.45) is 5.92 Å². The molecule has 202 valence electrons. The van der Waals surface area contributed by atoms with Crippen molar-refractivity contribution < 1.29 is 24.2 Å². The molecule has 0 saturated carbocycles. The van der Waals surface area contributed by atoms with E-state index in [1.54, 1.807) is 19.3 Å². The summed E-state index contributed by atoms with van der Waals surface area (Å²) >= 11 is 0. The smallest absolute Gasteiger partial charge is 0.407 e. The minimum Gasteiger partial charge on any atom is -0.478 e. The maximum atomic E-state index is 12.7. The number of amides is 2. The molecular formula is C27H34N6O5. The number of nitrogens with zero attached hydrogens (tertiary/aromatic N) is 4. The van der Waals surface area contributed by atoms with Gasteiger partial charge in [0.05, 0.1) is 17.8 Å². The highest BCUT2D eigenvalue weighted by Gasteiger charge is 2.24. The van der Waals surface area contributed by atoms with E-state index in [-0.39, 0.29) is 17.6 Å². The molecule has 1 fully saturated rings. The number of anilines is 1. The van der Waals surface area contributed by atoms with Crippen molar-refractivity contribution >= 4 is 28.6 Å². The van der Waals surface area contributed by atoms with Crippen LogP contribution in [0, 0.1) is 5.92 Å². The quantitative estimate of drug-likeness (QED) is 0.340. The summed E-state index contributed by atoms with van der Waals surface area (Å²) < 4.78 is 11.2. The number of hydrogen-bond donors (Lipinski definition) is 3. The molecule has 0 spiro atoms. The van der Waals surface area contributed by atoms with Gasteiger partial charge in [-0.3, -0.25) is 4.79 Å². The number of fused-ring (bicyclic) bond motifs is 1. The number of carboxylic acid groups (broad SMARTS) is 1. The minimum atomic E-state index is -0.965. The van der Waals surface area contributed by atoms with Crippen molar-refractivity contribution in [3.63, 3.8) is 0 Å². The fourth-order valence-electron chi connectivity index (χ4n) is 4.48. The highest BCUT2D eigenvalue weighted by Crippen LogP contribution is 2.32. The molecule has 4 rings (SSSR count). The normalized spacial score (nSPS) is 14.6. The molecule has 0 bridgehead atoms. The monoisotopic (exact) mass is 522 g/mol. The number of benzene rings is 1. The third-order valence-corrected chi connectivity index (χ3v) is 6.83. The average molecular weight is 523 g/mol. The van der Waals surface area contributed by atoms with Gasteiger partial charge in [0.2, 0.25) is 5.88 Å². The lowest BCUT2D eigenvalue weighted by Crippen LogP contribution is -2.32. The molecule has 2 aromatic heterocycles. The van der Waals surface area contributed by atoms with Crippen LogP contribution < -0.4 is 15.4 Å². The van der Waals surface area contributed by atoms with Crippen molar-refractivity contribution in [1.29, 1.82) is 0 Å². The van der Waals surface area contributed by atoms with Crippen molar-refractivity contribution in [3.8, 4) is 17.0 Å². The summed E-state index contributed by atoms with van der Waals surface area (Å²) in [5.74, 6) is 0.589. The number of carbonyl (C=O) groups is 2. The van der Waals surface area contributed by atoms with Crippen LogP contribution in [0.3, 0.4) is 0 Å². The molecule has 3 heterocycles. The van der Waals surface area contributed by atoms with Gasteiger partial charge in [0.25, 0.3) is 5.91 Å². The fourth-order valence-corrected chi connectivity index (χ4v) is 4.48. The van der Waals surface area contributed by atoms with E-state index in [1.807, 2.05) is 24.3 Å². The molecule has 1 aromatic carbocycles. The molecule has 0 unspecified atom stereocenters. The first kappa shape index (κ1) is 27.1. The van der Waals surface area contributed by atoms with E-state index in [2.05, 4.69) is 32.7 Å². The zero-order valence-corrected chi connectivity index (χ0v) is 21.9. The highest BCUT2D eigenvalue weighted by molar-refractivity contribution is 6.06. The maximum Gasteiger partial charge on any atom is 0.407 e. The van der Waals surface area contributed by atoms with Gasteiger partial charge in [-0.25, -0.2) is 9.78 Å². The molecule has 3 N–H and O–H groups in total. The van der Waals surface area contributed by atoms with Crippen molar-refractivity contribution in [2.45, 2.75) is 32.2 Å². The Labute approximate surface area is 221 Å². The minimum absolute atomic E-state index is 0.117. The van der Waals surface area contributed by atoms with Crippen LogP contribution in [0.15, 0.2) is 36.5 Å². The largest absolute Gasteiger partial charge is 0.478 e. The predicted molar refractivity (Wildman–Crippen MR) is 144 cm³/mol. The number of pyridine rings is 1. The van der Waals surface area contributed by atoms with Crippen LogP contribution in [0.1, 0.15) is 36.7 Å². The van der Waals surface area contributed by atoms with Crippen molar-refractivity contribution in [1.82, 2.24) is 25.4 Å². The number of carbonyl (C=O) groups excluding carboxylic acids is 1. The molecule has 3 aromatic rings. The second-order valence-electron chi connectivity index (χ2n) is 9.41. The van der Waals surface area contributed by atoms with Crippen LogP contribution in [-0.2, 0) is 4.74 Å². The van der Waals surface area contributed by atoms with Gasteiger partial charge in [0.15, 0.2) is 5.69 Å². The first-order valence-electron chi connectivity index (χ1n) is 12.8. The fraction of sp³-hybridized carbons (Fsp3) is 0.444. The number of rotatable bonds is 10. The molecule has 11 nitrogen and oxygen atoms in total. The van der Waals surface area contributed by atoms with Gasteiger partial charge < -0.3 is 30.1 Å². The van der Waals surface area contributed by atoms with E-state index >= 15 is 0 Å². The van der Waals surface area contributed by atoms with Crippen molar-refractivity contribution in [3.05, 3.63) is 42.2 Å². The maximum absolute atomic E-state index is 12.7. The third-order valence-electron chi connectivity index (χ3n) is 6.83. The van der Waals surface area contributed by atoms with Gasteiger partial charge in [-0.2, -0.15) is 0 Å². The first-order valence-corrected chi connectivity index (χ1v) is 12.8. The summed E-state index contributed by atoms with van der Waals surface area (Å²) in [4.78, 5) is 29.2. The van der Waals surface area contributed by atoms with Crippen LogP contribution in [0.2, 0.25) is 0 Å². The summed E-state index contributed by atoms with van der Waals surface area (Å²) in [5.41, 5.74) is 3.40. The van der Waals surface area contributed by atoms with E-state index in [0.717, 1.165) is 42.6 Å². The van der Waals surface area contributed by atoms with Gasteiger partial charge in [0, 0.05) is 63.1 Å². The highest BCUT2D eigenvalue weighted by atomic mass is 16.5. The summed E-state index contributed by atoms with van der Waals surface area (Å²) in [6.07, 6.45) is 3.25. The summed E-state index contributed by atoms with van der Waals surface area (Å²) in [6, 6.07) is 9.65. The molecule has 2 amide bonds. The molecule has 1 saturated heterocycles. The average Bonchev–Trinajstić information content (AvgIpc) is 2.95. The van der Waals surface area contributed by atoms with Gasteiger partial charge in [0.1, 0.15) is 0 Å². The number of hydrogen-bond acceptors (Lipinski definition) is 8. The van der Waals surface area contributed by atoms with E-state index in [9.17, 15) is 9.59 Å². The number of aromatic nitrogens is 3. The molecule has 1 atom stereocenters. The lowest BCUT2D eigenvalue weighted by Gasteiger charge is -2.29. The Kier molecular flexibility index (Phi) is 8.90. The molecular weight excluding hydrogens is 488 g/mol. The molecule has 1 aliphatic rings. The molecule has 11 heteroatoms. The second-order valence-corrected chi connectivity index (χ2v) is 9.41. The Morgan fingerprint density at radius 2 is 1.95 bits per heavy atom. The van der Waals surface area contributed by atoms with Crippen LogP contribution >= 0.6 is 0 Å². The molecule has 38 heavy (non-hydrogen) atoms. The number of nitrogens with one attached hydrogen (secondary N) is 2. The lowest BCUT2D eigenvalue weighted by atomic mass is 9.92. The standard InChI is InChI=1S/C27H34N6O5/c1-17(18-9-13-37-14-10-18)30-24-21-15-19(5-7-22(21)31-32-25(24)26(34)28-2)20-6-8-23(29-16-20)38-12-4-11-33(3)27(35)36/h5-8,15-18H,4,9-14H2,1-3H3,(H,28,34)(H,30,31)(H,35,36)/t17-/m0/s1.